The number of ether oxygens (including phenoxy) is 1. The Hall–Kier alpha value is -2.57. The number of sulfonamides is 1. The number of rotatable bonds is 8. The molecule has 11 heteroatoms. The Morgan fingerprint density at radius 3 is 2.38 bits per heavy atom. The predicted octanol–water partition coefficient (Wildman–Crippen LogP) is 2.84. The van der Waals surface area contributed by atoms with Gasteiger partial charge in [-0.15, -0.1) is 0 Å². The van der Waals surface area contributed by atoms with Crippen LogP contribution < -0.4 is 0 Å². The van der Waals surface area contributed by atoms with Crippen LogP contribution in [-0.2, 0) is 24.3 Å². The van der Waals surface area contributed by atoms with Crippen LogP contribution in [0.25, 0.3) is 5.76 Å². The summed E-state index contributed by atoms with van der Waals surface area (Å²) in [5.74, 6) is -1.77. The summed E-state index contributed by atoms with van der Waals surface area (Å²) in [5.41, 5.74) is 0.926. The van der Waals surface area contributed by atoms with Gasteiger partial charge in [0, 0.05) is 50.3 Å². The Morgan fingerprint density at radius 2 is 1.76 bits per heavy atom. The van der Waals surface area contributed by atoms with Gasteiger partial charge >= 0.3 is 0 Å². The standard InChI is InChI=1S/C26H30BrN3O6S/c1-28(2)37(34,35)21-9-7-18(8-10-21)24(31)22-23(19-5-3-6-20(27)17-19)30(26(33)25(22)32)12-4-11-29-13-15-36-16-14-29/h3,5-10,17,23,31H,4,11-16H2,1-2H3/b24-22-. The van der Waals surface area contributed by atoms with Gasteiger partial charge in [0.15, 0.2) is 0 Å². The fourth-order valence-corrected chi connectivity index (χ4v) is 5.89. The number of aliphatic hydroxyl groups is 1. The summed E-state index contributed by atoms with van der Waals surface area (Å²) in [6, 6.07) is 12.2. The zero-order valence-corrected chi connectivity index (χ0v) is 23.2. The molecule has 9 nitrogen and oxygen atoms in total. The molecule has 0 saturated carbocycles. The Labute approximate surface area is 225 Å². The van der Waals surface area contributed by atoms with Crippen molar-refractivity contribution in [3.8, 4) is 0 Å². The number of carbonyl (C=O) groups excluding carboxylic acids is 2. The quantitative estimate of drug-likeness (QED) is 0.286. The van der Waals surface area contributed by atoms with Crippen molar-refractivity contribution < 1.29 is 27.9 Å². The van der Waals surface area contributed by atoms with Gasteiger partial charge in [0.2, 0.25) is 10.0 Å². The van der Waals surface area contributed by atoms with Gasteiger partial charge in [-0.05, 0) is 48.4 Å². The fourth-order valence-electron chi connectivity index (χ4n) is 4.57. The van der Waals surface area contributed by atoms with Gasteiger partial charge in [-0.2, -0.15) is 0 Å². The maximum Gasteiger partial charge on any atom is 0.295 e. The molecule has 1 atom stereocenters. The number of Topliss-reactive ketones (excluding diaryl/α,β-unsaturated/α-hetero) is 1. The van der Waals surface area contributed by atoms with Crippen LogP contribution >= 0.6 is 15.9 Å². The molecular weight excluding hydrogens is 562 g/mol. The SMILES string of the molecule is CN(C)S(=O)(=O)c1ccc(/C(O)=C2/C(=O)C(=O)N(CCCN3CCOCC3)C2c2cccc(Br)c2)cc1. The molecule has 2 fully saturated rings. The topological polar surface area (TPSA) is 107 Å². The maximum absolute atomic E-state index is 13.2. The van der Waals surface area contributed by atoms with Crippen LogP contribution in [-0.4, -0.2) is 92.8 Å². The maximum atomic E-state index is 13.2. The van der Waals surface area contributed by atoms with E-state index in [0.29, 0.717) is 31.7 Å². The summed E-state index contributed by atoms with van der Waals surface area (Å²) >= 11 is 3.46. The lowest BCUT2D eigenvalue weighted by atomic mass is 9.95. The highest BCUT2D eigenvalue weighted by Gasteiger charge is 2.45. The van der Waals surface area contributed by atoms with E-state index in [1.54, 1.807) is 0 Å². The molecule has 0 aromatic heterocycles. The number of likely N-dealkylation sites (tertiary alicyclic amines) is 1. The van der Waals surface area contributed by atoms with E-state index in [1.165, 1.54) is 43.3 Å². The fraction of sp³-hybridized carbons (Fsp3) is 0.385. The third-order valence-electron chi connectivity index (χ3n) is 6.59. The number of hydrogen-bond donors (Lipinski definition) is 1. The van der Waals surface area contributed by atoms with E-state index in [0.717, 1.165) is 28.4 Å². The van der Waals surface area contributed by atoms with E-state index < -0.39 is 27.8 Å². The molecule has 2 saturated heterocycles. The van der Waals surface area contributed by atoms with Crippen LogP contribution in [0.1, 0.15) is 23.6 Å². The van der Waals surface area contributed by atoms with Crippen molar-refractivity contribution in [1.29, 1.82) is 0 Å². The van der Waals surface area contributed by atoms with E-state index in [1.807, 2.05) is 24.3 Å². The van der Waals surface area contributed by atoms with E-state index in [-0.39, 0.29) is 21.8 Å². The number of benzene rings is 2. The number of carbonyl (C=O) groups is 2. The van der Waals surface area contributed by atoms with Crippen molar-refractivity contribution in [2.75, 3.05) is 53.5 Å². The zero-order chi connectivity index (χ0) is 26.7. The van der Waals surface area contributed by atoms with Crippen molar-refractivity contribution in [3.63, 3.8) is 0 Å². The number of ketones is 1. The first-order valence-electron chi connectivity index (χ1n) is 12.0. The number of hydrogen-bond acceptors (Lipinski definition) is 7. The minimum Gasteiger partial charge on any atom is -0.507 e. The minimum absolute atomic E-state index is 0.0160. The van der Waals surface area contributed by atoms with E-state index in [2.05, 4.69) is 20.8 Å². The van der Waals surface area contributed by atoms with E-state index in [4.69, 9.17) is 4.74 Å². The molecule has 37 heavy (non-hydrogen) atoms. The third-order valence-corrected chi connectivity index (χ3v) is 8.91. The van der Waals surface area contributed by atoms with Gasteiger partial charge in [-0.25, -0.2) is 12.7 Å². The summed E-state index contributed by atoms with van der Waals surface area (Å²) in [5, 5.41) is 11.2. The molecule has 2 aromatic rings. The molecule has 0 radical (unpaired) electrons. The molecule has 1 N–H and O–H groups in total. The number of aliphatic hydroxyl groups excluding tert-OH is 1. The van der Waals surface area contributed by atoms with Crippen LogP contribution in [0.5, 0.6) is 0 Å². The molecule has 2 aliphatic heterocycles. The normalized spacial score (nSPS) is 20.6. The average molecular weight is 593 g/mol. The Balaban J connectivity index is 1.68. The monoisotopic (exact) mass is 591 g/mol. The molecule has 0 bridgehead atoms. The molecule has 1 unspecified atom stereocenters. The number of halogens is 1. The highest BCUT2D eigenvalue weighted by Crippen LogP contribution is 2.40. The third kappa shape index (κ3) is 5.80. The molecular formula is C26H30BrN3O6S. The second kappa shape index (κ2) is 11.4. The molecule has 2 aromatic carbocycles. The van der Waals surface area contributed by atoms with Crippen molar-refractivity contribution in [3.05, 3.63) is 69.7 Å². The van der Waals surface area contributed by atoms with Crippen LogP contribution in [0.15, 0.2) is 63.5 Å². The largest absolute Gasteiger partial charge is 0.507 e. The van der Waals surface area contributed by atoms with Gasteiger partial charge < -0.3 is 14.7 Å². The van der Waals surface area contributed by atoms with Crippen LogP contribution in [0.2, 0.25) is 0 Å². The molecule has 0 aliphatic carbocycles. The van der Waals surface area contributed by atoms with Crippen molar-refractivity contribution in [1.82, 2.24) is 14.1 Å². The first kappa shape index (κ1) is 27.5. The van der Waals surface area contributed by atoms with Gasteiger partial charge in [-0.3, -0.25) is 14.5 Å². The zero-order valence-electron chi connectivity index (χ0n) is 20.8. The van der Waals surface area contributed by atoms with E-state index >= 15 is 0 Å². The first-order chi connectivity index (χ1) is 17.6. The number of morpholine rings is 1. The van der Waals surface area contributed by atoms with Crippen LogP contribution in [0, 0.1) is 0 Å². The van der Waals surface area contributed by atoms with Gasteiger partial charge in [-0.1, -0.05) is 28.1 Å². The lowest BCUT2D eigenvalue weighted by Crippen LogP contribution is -2.38. The second-order valence-electron chi connectivity index (χ2n) is 9.17. The highest BCUT2D eigenvalue weighted by molar-refractivity contribution is 9.10. The van der Waals surface area contributed by atoms with Crippen LogP contribution in [0.4, 0.5) is 0 Å². The van der Waals surface area contributed by atoms with Gasteiger partial charge in [0.1, 0.15) is 5.76 Å². The summed E-state index contributed by atoms with van der Waals surface area (Å²) in [6.07, 6.45) is 0.661. The minimum atomic E-state index is -3.66. The average Bonchev–Trinajstić information content (AvgIpc) is 3.14. The predicted molar refractivity (Wildman–Crippen MR) is 142 cm³/mol. The van der Waals surface area contributed by atoms with Crippen molar-refractivity contribution >= 4 is 43.4 Å². The van der Waals surface area contributed by atoms with Crippen molar-refractivity contribution in [2.45, 2.75) is 17.4 Å². The lowest BCUT2D eigenvalue weighted by molar-refractivity contribution is -0.140. The number of amides is 1. The number of nitrogens with zero attached hydrogens (tertiary/aromatic N) is 3. The molecule has 0 spiro atoms. The molecule has 4 rings (SSSR count). The highest BCUT2D eigenvalue weighted by atomic mass is 79.9. The summed E-state index contributed by atoms with van der Waals surface area (Å²) in [4.78, 5) is 30.2. The summed E-state index contributed by atoms with van der Waals surface area (Å²) in [7, 11) is -0.791. The Bertz CT molecular complexity index is 1300. The molecule has 1 amide bonds. The first-order valence-corrected chi connectivity index (χ1v) is 14.2. The Kier molecular flexibility index (Phi) is 8.49. The van der Waals surface area contributed by atoms with Crippen molar-refractivity contribution in [2.24, 2.45) is 0 Å². The molecule has 2 heterocycles. The van der Waals surface area contributed by atoms with E-state index in [9.17, 15) is 23.1 Å². The molecule has 2 aliphatic rings. The van der Waals surface area contributed by atoms with Gasteiger partial charge in [0.25, 0.3) is 11.7 Å². The Morgan fingerprint density at radius 1 is 1.08 bits per heavy atom. The van der Waals surface area contributed by atoms with Gasteiger partial charge in [0.05, 0.1) is 29.7 Å². The second-order valence-corrected chi connectivity index (χ2v) is 12.2. The van der Waals surface area contributed by atoms with Crippen LogP contribution in [0.3, 0.4) is 0 Å². The molecule has 198 valence electrons. The lowest BCUT2D eigenvalue weighted by Gasteiger charge is -2.29. The summed E-state index contributed by atoms with van der Waals surface area (Å²) in [6.45, 7) is 4.12. The summed E-state index contributed by atoms with van der Waals surface area (Å²) < 4.78 is 32.1. The smallest absolute Gasteiger partial charge is 0.295 e.